The Morgan fingerprint density at radius 1 is 1.29 bits per heavy atom. The molecule has 0 aliphatic rings. The van der Waals surface area contributed by atoms with Gasteiger partial charge in [0.2, 0.25) is 0 Å². The number of fused-ring (bicyclic) bond motifs is 1. The Kier molecular flexibility index (Phi) is 6.19. The van der Waals surface area contributed by atoms with Crippen LogP contribution >= 0.6 is 0 Å². The largest absolute Gasteiger partial charge is 0.361 e. The van der Waals surface area contributed by atoms with E-state index in [9.17, 15) is 12.8 Å². The Morgan fingerprint density at radius 2 is 2.04 bits per heavy atom. The highest BCUT2D eigenvalue weighted by molar-refractivity contribution is 7.91. The third-order valence-electron chi connectivity index (χ3n) is 3.79. The number of halogens is 1. The topological polar surface area (TPSA) is 86.3 Å². The Hall–Kier alpha value is -2.09. The summed E-state index contributed by atoms with van der Waals surface area (Å²) in [6.07, 6.45) is 2.61. The average Bonchev–Trinajstić information content (AvgIpc) is 2.95. The molecule has 3 N–H and O–H groups in total. The molecule has 8 heteroatoms. The Morgan fingerprint density at radius 3 is 2.75 bits per heavy atom. The fourth-order valence-corrected chi connectivity index (χ4v) is 3.07. The van der Waals surface area contributed by atoms with Gasteiger partial charge in [0.25, 0.3) is 0 Å². The number of H-pyrrole nitrogens is 1. The molecule has 6 nitrogen and oxygen atoms in total. The molecule has 0 amide bonds. The zero-order valence-electron chi connectivity index (χ0n) is 13.9. The van der Waals surface area contributed by atoms with Gasteiger partial charge in [-0.2, -0.15) is 0 Å². The van der Waals surface area contributed by atoms with Crippen molar-refractivity contribution in [2.45, 2.75) is 13.3 Å². The zero-order valence-corrected chi connectivity index (χ0v) is 14.7. The first kappa shape index (κ1) is 18.3. The number of aromatic nitrogens is 1. The fraction of sp³-hybridized carbons (Fsp3) is 0.438. The number of nitrogens with one attached hydrogen (secondary N) is 3. The van der Waals surface area contributed by atoms with Gasteiger partial charge in [0, 0.05) is 43.0 Å². The van der Waals surface area contributed by atoms with Crippen molar-refractivity contribution in [3.8, 4) is 0 Å². The summed E-state index contributed by atoms with van der Waals surface area (Å²) in [6.45, 7) is 2.59. The molecular formula is C16H23FN4O2S. The number of aromatic amines is 1. The maximum Gasteiger partial charge on any atom is 0.191 e. The molecule has 1 heterocycles. The number of guanidine groups is 1. The maximum atomic E-state index is 13.2. The molecule has 0 radical (unpaired) electrons. The van der Waals surface area contributed by atoms with Crippen LogP contribution in [0.5, 0.6) is 0 Å². The third kappa shape index (κ3) is 4.95. The second-order valence-corrected chi connectivity index (χ2v) is 7.89. The predicted octanol–water partition coefficient (Wildman–Crippen LogP) is 1.45. The summed E-state index contributed by atoms with van der Waals surface area (Å²) in [5.74, 6) is 0.521. The molecule has 0 aliphatic carbocycles. The van der Waals surface area contributed by atoms with Gasteiger partial charge in [-0.25, -0.2) is 12.8 Å². The molecule has 0 bridgehead atoms. The van der Waals surface area contributed by atoms with E-state index in [0.29, 0.717) is 19.0 Å². The second kappa shape index (κ2) is 8.14. The molecule has 24 heavy (non-hydrogen) atoms. The first-order valence-corrected chi connectivity index (χ1v) is 9.68. The van der Waals surface area contributed by atoms with E-state index in [4.69, 9.17) is 0 Å². The number of nitrogens with zero attached hydrogens (tertiary/aromatic N) is 1. The number of hydrogen-bond acceptors (Lipinski definition) is 3. The van der Waals surface area contributed by atoms with Gasteiger partial charge >= 0.3 is 0 Å². The number of aliphatic imine (C=N–C) groups is 1. The molecule has 1 aromatic carbocycles. The number of hydrogen-bond donors (Lipinski definition) is 3. The van der Waals surface area contributed by atoms with Gasteiger partial charge in [-0.05, 0) is 30.2 Å². The van der Waals surface area contributed by atoms with Gasteiger partial charge < -0.3 is 15.6 Å². The van der Waals surface area contributed by atoms with E-state index in [1.807, 2.05) is 6.20 Å². The van der Waals surface area contributed by atoms with Crippen LogP contribution in [0.25, 0.3) is 10.9 Å². The van der Waals surface area contributed by atoms with E-state index in [2.05, 4.69) is 20.6 Å². The van der Waals surface area contributed by atoms with Crippen molar-refractivity contribution in [1.82, 2.24) is 15.6 Å². The smallest absolute Gasteiger partial charge is 0.191 e. The first-order valence-electron chi connectivity index (χ1n) is 7.85. The molecule has 2 aromatic rings. The molecular weight excluding hydrogens is 331 g/mol. The highest BCUT2D eigenvalue weighted by Crippen LogP contribution is 2.19. The molecule has 0 atom stereocenters. The molecule has 1 aromatic heterocycles. The lowest BCUT2D eigenvalue weighted by Crippen LogP contribution is -2.40. The van der Waals surface area contributed by atoms with Crippen LogP contribution < -0.4 is 10.6 Å². The Labute approximate surface area is 141 Å². The highest BCUT2D eigenvalue weighted by atomic mass is 32.2. The van der Waals surface area contributed by atoms with E-state index in [0.717, 1.165) is 22.9 Å². The molecule has 0 aliphatic heterocycles. The van der Waals surface area contributed by atoms with Crippen molar-refractivity contribution in [2.75, 3.05) is 31.6 Å². The van der Waals surface area contributed by atoms with Crippen molar-refractivity contribution < 1.29 is 12.8 Å². The standard InChI is InChI=1S/C16H23FN4O2S/c1-3-24(22,23)9-8-20-16(18-2)19-7-6-12-11-21-15-10-13(17)4-5-14(12)15/h4-5,10-11,21H,3,6-9H2,1-2H3,(H2,18,19,20). The van der Waals surface area contributed by atoms with Crippen LogP contribution in [-0.2, 0) is 16.3 Å². The molecule has 0 fully saturated rings. The van der Waals surface area contributed by atoms with Crippen molar-refractivity contribution in [2.24, 2.45) is 4.99 Å². The molecule has 132 valence electrons. The third-order valence-corrected chi connectivity index (χ3v) is 5.49. The van der Waals surface area contributed by atoms with Crippen molar-refractivity contribution in [1.29, 1.82) is 0 Å². The number of rotatable bonds is 7. The van der Waals surface area contributed by atoms with Crippen LogP contribution in [0.4, 0.5) is 4.39 Å². The minimum Gasteiger partial charge on any atom is -0.361 e. The normalized spacial score (nSPS) is 12.5. The fourth-order valence-electron chi connectivity index (χ4n) is 2.37. The molecule has 0 spiro atoms. The predicted molar refractivity (Wildman–Crippen MR) is 95.7 cm³/mol. The summed E-state index contributed by atoms with van der Waals surface area (Å²) in [4.78, 5) is 7.13. The zero-order chi connectivity index (χ0) is 17.6. The summed E-state index contributed by atoms with van der Waals surface area (Å²) in [6, 6.07) is 4.68. The van der Waals surface area contributed by atoms with E-state index in [-0.39, 0.29) is 17.3 Å². The molecule has 0 saturated carbocycles. The quantitative estimate of drug-likeness (QED) is 0.519. The van der Waals surface area contributed by atoms with E-state index in [1.165, 1.54) is 12.1 Å². The van der Waals surface area contributed by atoms with Crippen LogP contribution in [0.1, 0.15) is 12.5 Å². The van der Waals surface area contributed by atoms with Gasteiger partial charge in [0.1, 0.15) is 5.82 Å². The minimum atomic E-state index is -2.99. The summed E-state index contributed by atoms with van der Waals surface area (Å²) >= 11 is 0. The lowest BCUT2D eigenvalue weighted by atomic mass is 10.1. The summed E-state index contributed by atoms with van der Waals surface area (Å²) in [7, 11) is -1.35. The lowest BCUT2D eigenvalue weighted by Gasteiger charge is -2.11. The van der Waals surface area contributed by atoms with Crippen molar-refractivity contribution >= 4 is 26.7 Å². The van der Waals surface area contributed by atoms with E-state index < -0.39 is 9.84 Å². The van der Waals surface area contributed by atoms with E-state index in [1.54, 1.807) is 20.0 Å². The highest BCUT2D eigenvalue weighted by Gasteiger charge is 2.08. The van der Waals surface area contributed by atoms with Gasteiger partial charge in [-0.1, -0.05) is 6.92 Å². The van der Waals surface area contributed by atoms with Crippen LogP contribution in [-0.4, -0.2) is 51.0 Å². The average molecular weight is 354 g/mol. The SMILES string of the molecule is CCS(=O)(=O)CCNC(=NC)NCCc1c[nH]c2cc(F)ccc12. The summed E-state index contributed by atoms with van der Waals surface area (Å²) in [5.41, 5.74) is 1.86. The van der Waals surface area contributed by atoms with Gasteiger partial charge in [-0.3, -0.25) is 4.99 Å². The maximum absolute atomic E-state index is 13.2. The van der Waals surface area contributed by atoms with Crippen LogP contribution in [0.3, 0.4) is 0 Å². The number of sulfone groups is 1. The molecule has 0 unspecified atom stereocenters. The minimum absolute atomic E-state index is 0.0816. The first-order chi connectivity index (χ1) is 11.4. The van der Waals surface area contributed by atoms with E-state index >= 15 is 0 Å². The van der Waals surface area contributed by atoms with Gasteiger partial charge in [0.15, 0.2) is 15.8 Å². The van der Waals surface area contributed by atoms with Crippen LogP contribution in [0.15, 0.2) is 29.4 Å². The lowest BCUT2D eigenvalue weighted by molar-refractivity contribution is 0.595. The summed E-state index contributed by atoms with van der Waals surface area (Å²) < 4.78 is 36.1. The van der Waals surface area contributed by atoms with Crippen molar-refractivity contribution in [3.63, 3.8) is 0 Å². The summed E-state index contributed by atoms with van der Waals surface area (Å²) in [5, 5.41) is 7.13. The van der Waals surface area contributed by atoms with Gasteiger partial charge in [0.05, 0.1) is 5.75 Å². The van der Waals surface area contributed by atoms with Crippen LogP contribution in [0.2, 0.25) is 0 Å². The van der Waals surface area contributed by atoms with Crippen LogP contribution in [0, 0.1) is 5.82 Å². The number of benzene rings is 1. The monoisotopic (exact) mass is 354 g/mol. The van der Waals surface area contributed by atoms with Gasteiger partial charge in [-0.15, -0.1) is 0 Å². The van der Waals surface area contributed by atoms with Crippen molar-refractivity contribution in [3.05, 3.63) is 35.8 Å². The second-order valence-electron chi connectivity index (χ2n) is 5.42. The Balaban J connectivity index is 1.83. The Bertz CT molecular complexity index is 815. The molecule has 0 saturated heterocycles. The molecule has 2 rings (SSSR count).